The number of benzene rings is 2. The highest BCUT2D eigenvalue weighted by Gasteiger charge is 2.42. The predicted molar refractivity (Wildman–Crippen MR) is 183 cm³/mol. The molecule has 0 atom stereocenters. The number of alkyl halides is 3. The largest absolute Gasteiger partial charge is 0.424 e. The van der Waals surface area contributed by atoms with Crippen molar-refractivity contribution < 1.29 is 31.8 Å². The third-order valence-electron chi connectivity index (χ3n) is 9.84. The minimum Gasteiger partial charge on any atom is -0.424 e. The van der Waals surface area contributed by atoms with Crippen LogP contribution in [-0.4, -0.2) is 75.7 Å². The molecule has 3 heterocycles. The van der Waals surface area contributed by atoms with Crippen molar-refractivity contribution in [3.63, 3.8) is 0 Å². The van der Waals surface area contributed by atoms with Crippen LogP contribution in [0, 0.1) is 29.6 Å². The minimum absolute atomic E-state index is 0.0486. The number of carbonyl (C=O) groups excluding carboxylic acids is 1. The number of carbonyl (C=O) groups is 1. The normalized spacial score (nSPS) is 20.5. The van der Waals surface area contributed by atoms with Gasteiger partial charge in [-0.15, -0.1) is 11.3 Å². The van der Waals surface area contributed by atoms with Crippen LogP contribution in [0.3, 0.4) is 0 Å². The number of likely N-dealkylation sites (tertiary alicyclic amines) is 1. The van der Waals surface area contributed by atoms with Crippen molar-refractivity contribution in [2.24, 2.45) is 5.41 Å². The number of anilines is 2. The van der Waals surface area contributed by atoms with Crippen LogP contribution in [0.25, 0.3) is 14.9 Å². The third kappa shape index (κ3) is 8.07. The third-order valence-corrected chi connectivity index (χ3v) is 11.0. The number of ether oxygens (including phenoxy) is 2. The van der Waals surface area contributed by atoms with Crippen molar-refractivity contribution in [1.29, 1.82) is 0 Å². The van der Waals surface area contributed by atoms with E-state index in [1.807, 2.05) is 6.07 Å². The van der Waals surface area contributed by atoms with Gasteiger partial charge in [0.15, 0.2) is 5.75 Å². The maximum atomic E-state index is 14.7. The van der Waals surface area contributed by atoms with Crippen molar-refractivity contribution >= 4 is 38.7 Å². The Hall–Kier alpha value is -4.04. The molecule has 3 N–H and O–H groups in total. The van der Waals surface area contributed by atoms with E-state index in [1.165, 1.54) is 37.3 Å². The monoisotopic (exact) mass is 697 g/mol. The Morgan fingerprint density at radius 3 is 2.57 bits per heavy atom. The van der Waals surface area contributed by atoms with Crippen LogP contribution in [0.1, 0.15) is 59.3 Å². The average Bonchev–Trinajstić information content (AvgIpc) is 3.42. The first kappa shape index (κ1) is 34.8. The van der Waals surface area contributed by atoms with E-state index in [-0.39, 0.29) is 41.9 Å². The highest BCUT2D eigenvalue weighted by atomic mass is 32.1. The number of nitrogens with one attached hydrogen (secondary N) is 3. The van der Waals surface area contributed by atoms with Gasteiger partial charge in [-0.25, -0.2) is 11.0 Å². The predicted octanol–water partition coefficient (Wildman–Crippen LogP) is 7.06. The lowest BCUT2D eigenvalue weighted by molar-refractivity contribution is -0.143. The standard InChI is InChI=1S/C36H39F4N5O3S/c1-41-22-48-31-17-26(34(46)42-2)28(37)18-30(31)43-14-4-7-32-27(19-36(38,39)40)25-5-3-6-29(33(25)49-32)44-23-8-10-24(11-9-23)45-15-12-35(13-16-45)20-47-21-35/h3,5-6,17-18,23-24,43-44H,8-16,19-22H2,2H3,(H,42,46). The summed E-state index contributed by atoms with van der Waals surface area (Å²) in [5.74, 6) is 4.40. The lowest BCUT2D eigenvalue weighted by Gasteiger charge is -2.49. The molecule has 8 nitrogen and oxygen atoms in total. The van der Waals surface area contributed by atoms with Crippen LogP contribution in [0.2, 0.25) is 0 Å². The van der Waals surface area contributed by atoms with E-state index < -0.39 is 24.3 Å². The Bertz CT molecular complexity index is 1770. The maximum Gasteiger partial charge on any atom is 0.393 e. The molecule has 3 fully saturated rings. The number of fused-ring (bicyclic) bond motifs is 1. The van der Waals surface area contributed by atoms with Gasteiger partial charge in [0, 0.05) is 30.6 Å². The summed E-state index contributed by atoms with van der Waals surface area (Å²) in [6.45, 7) is 10.7. The quantitative estimate of drug-likeness (QED) is 0.126. The topological polar surface area (TPSA) is 79.2 Å². The number of nitrogens with zero attached hydrogens (tertiary/aromatic N) is 2. The second kappa shape index (κ2) is 14.8. The van der Waals surface area contributed by atoms with Crippen molar-refractivity contribution in [2.75, 3.05) is 57.3 Å². The van der Waals surface area contributed by atoms with Crippen LogP contribution < -0.4 is 20.7 Å². The van der Waals surface area contributed by atoms with Crippen molar-refractivity contribution in [1.82, 2.24) is 10.2 Å². The van der Waals surface area contributed by atoms with Gasteiger partial charge in [-0.1, -0.05) is 24.0 Å². The molecule has 1 amide bonds. The Morgan fingerprint density at radius 2 is 1.92 bits per heavy atom. The summed E-state index contributed by atoms with van der Waals surface area (Å²) >= 11 is 1.24. The molecular weight excluding hydrogens is 658 g/mol. The zero-order valence-corrected chi connectivity index (χ0v) is 28.1. The van der Waals surface area contributed by atoms with Gasteiger partial charge in [-0.05, 0) is 74.7 Å². The summed E-state index contributed by atoms with van der Waals surface area (Å²) in [7, 11) is 1.37. The number of hydrogen-bond donors (Lipinski definition) is 3. The van der Waals surface area contributed by atoms with Crippen LogP contribution in [0.4, 0.5) is 28.9 Å². The van der Waals surface area contributed by atoms with Gasteiger partial charge >= 0.3 is 12.9 Å². The Balaban J connectivity index is 1.16. The minimum atomic E-state index is -4.43. The molecule has 0 bridgehead atoms. The van der Waals surface area contributed by atoms with E-state index in [0.29, 0.717) is 21.7 Å². The first-order valence-corrected chi connectivity index (χ1v) is 17.3. The fourth-order valence-electron chi connectivity index (χ4n) is 7.09. The Kier molecular flexibility index (Phi) is 10.5. The molecule has 6 rings (SSSR count). The van der Waals surface area contributed by atoms with Gasteiger partial charge in [0.25, 0.3) is 5.91 Å². The molecule has 1 spiro atoms. The van der Waals surface area contributed by atoms with Crippen molar-refractivity contribution in [3.05, 3.63) is 63.6 Å². The Morgan fingerprint density at radius 1 is 1.16 bits per heavy atom. The summed E-state index contributed by atoms with van der Waals surface area (Å²) in [5, 5.41) is 9.44. The zero-order valence-electron chi connectivity index (χ0n) is 27.3. The molecule has 0 unspecified atom stereocenters. The highest BCUT2D eigenvalue weighted by Crippen LogP contribution is 2.42. The highest BCUT2D eigenvalue weighted by molar-refractivity contribution is 7.20. The van der Waals surface area contributed by atoms with Crippen LogP contribution >= 0.6 is 11.3 Å². The molecule has 49 heavy (non-hydrogen) atoms. The number of amides is 1. The zero-order chi connectivity index (χ0) is 34.6. The van der Waals surface area contributed by atoms with Crippen LogP contribution in [0.5, 0.6) is 5.75 Å². The van der Waals surface area contributed by atoms with Crippen molar-refractivity contribution in [3.8, 4) is 17.6 Å². The van der Waals surface area contributed by atoms with E-state index in [1.54, 1.807) is 12.1 Å². The second-order valence-corrected chi connectivity index (χ2v) is 14.1. The number of thiophene rings is 1. The number of rotatable bonds is 9. The SMILES string of the molecule is [C-]#[N+]COc1cc(C(=O)NC)c(F)cc1NCC#Cc1sc2c(NC3CCC(N4CCC5(CC4)COC5)CC3)cccc2c1CC(F)(F)F. The van der Waals surface area contributed by atoms with Gasteiger partial charge in [-0.3, -0.25) is 9.64 Å². The first-order valence-electron chi connectivity index (χ1n) is 16.5. The first-order chi connectivity index (χ1) is 23.6. The summed E-state index contributed by atoms with van der Waals surface area (Å²) in [6.07, 6.45) is 1.05. The molecule has 2 aromatic carbocycles. The van der Waals surface area contributed by atoms with Gasteiger partial charge in [0.05, 0.1) is 52.7 Å². The van der Waals surface area contributed by atoms with Gasteiger partial charge < -0.3 is 30.3 Å². The fourth-order valence-corrected chi connectivity index (χ4v) is 8.27. The number of hydrogen-bond acceptors (Lipinski definition) is 7. The van der Waals surface area contributed by atoms with E-state index in [9.17, 15) is 22.4 Å². The summed E-state index contributed by atoms with van der Waals surface area (Å²) in [4.78, 5) is 18.1. The van der Waals surface area contributed by atoms with E-state index in [4.69, 9.17) is 16.0 Å². The van der Waals surface area contributed by atoms with E-state index in [2.05, 4.69) is 37.5 Å². The molecule has 3 aromatic rings. The molecule has 0 radical (unpaired) electrons. The van der Waals surface area contributed by atoms with E-state index >= 15 is 0 Å². The van der Waals surface area contributed by atoms with Crippen LogP contribution in [-0.2, 0) is 11.2 Å². The Labute approximate surface area is 287 Å². The lowest BCUT2D eigenvalue weighted by Crippen LogP contribution is -2.53. The molecule has 3 aliphatic rings. The van der Waals surface area contributed by atoms with Gasteiger partial charge in [0.2, 0.25) is 0 Å². The van der Waals surface area contributed by atoms with Crippen molar-refractivity contribution in [2.45, 2.75) is 63.2 Å². The smallest absolute Gasteiger partial charge is 0.393 e. The molecular formula is C36H39F4N5O3S. The molecule has 1 aliphatic carbocycles. The molecule has 2 aliphatic heterocycles. The molecule has 2 saturated heterocycles. The molecule has 260 valence electrons. The summed E-state index contributed by atoms with van der Waals surface area (Å²) < 4.78 is 67.6. The average molecular weight is 698 g/mol. The lowest BCUT2D eigenvalue weighted by atomic mass is 9.76. The van der Waals surface area contributed by atoms with Crippen LogP contribution in [0.15, 0.2) is 30.3 Å². The van der Waals surface area contributed by atoms with Gasteiger partial charge in [-0.2, -0.15) is 13.2 Å². The summed E-state index contributed by atoms with van der Waals surface area (Å²) in [5.41, 5.74) is 1.28. The maximum absolute atomic E-state index is 14.7. The summed E-state index contributed by atoms with van der Waals surface area (Å²) in [6, 6.07) is 8.49. The number of halogens is 4. The second-order valence-electron chi connectivity index (χ2n) is 13.1. The fraction of sp³-hybridized carbons (Fsp3) is 0.500. The van der Waals surface area contributed by atoms with E-state index in [0.717, 1.165) is 68.4 Å². The van der Waals surface area contributed by atoms with Gasteiger partial charge in [0.1, 0.15) is 5.82 Å². The molecule has 1 saturated carbocycles. The number of piperidine rings is 1. The molecule has 1 aromatic heterocycles. The molecule has 13 heteroatoms.